The first-order valence-electron chi connectivity index (χ1n) is 6.59. The Hall–Kier alpha value is -1.69. The summed E-state index contributed by atoms with van der Waals surface area (Å²) in [6.45, 7) is 8.70. The average Bonchev–Trinajstić information content (AvgIpc) is 2.95. The van der Waals surface area contributed by atoms with E-state index in [1.807, 2.05) is 19.3 Å². The molecule has 1 N–H and O–H groups in total. The van der Waals surface area contributed by atoms with Crippen molar-refractivity contribution in [1.29, 1.82) is 0 Å². The van der Waals surface area contributed by atoms with Gasteiger partial charge in [0.1, 0.15) is 17.5 Å². The van der Waals surface area contributed by atoms with Gasteiger partial charge >= 0.3 is 0 Å². The third-order valence-electron chi connectivity index (χ3n) is 3.12. The van der Waals surface area contributed by atoms with E-state index in [1.54, 1.807) is 4.68 Å². The highest BCUT2D eigenvalue weighted by Crippen LogP contribution is 2.22. The van der Waals surface area contributed by atoms with Crippen molar-refractivity contribution in [3.8, 4) is 0 Å². The van der Waals surface area contributed by atoms with Crippen LogP contribution in [0.1, 0.15) is 50.2 Å². The lowest BCUT2D eigenvalue weighted by Crippen LogP contribution is -2.18. The van der Waals surface area contributed by atoms with E-state index in [0.29, 0.717) is 12.5 Å². The summed E-state index contributed by atoms with van der Waals surface area (Å²) in [5.41, 5.74) is 0. The predicted molar refractivity (Wildman–Crippen MR) is 72.0 cm³/mol. The quantitative estimate of drug-likeness (QED) is 0.887. The van der Waals surface area contributed by atoms with Crippen molar-refractivity contribution >= 4 is 0 Å². The summed E-state index contributed by atoms with van der Waals surface area (Å²) in [7, 11) is 0. The number of hydrogen-bond donors (Lipinski definition) is 1. The van der Waals surface area contributed by atoms with Crippen molar-refractivity contribution in [3.05, 3.63) is 29.9 Å². The highest BCUT2D eigenvalue weighted by molar-refractivity contribution is 5.07. The molecule has 0 aromatic carbocycles. The van der Waals surface area contributed by atoms with Gasteiger partial charge in [-0.1, -0.05) is 13.8 Å². The average molecular weight is 263 g/mol. The number of aromatic nitrogens is 5. The van der Waals surface area contributed by atoms with E-state index in [0.717, 1.165) is 17.5 Å². The van der Waals surface area contributed by atoms with E-state index in [9.17, 15) is 0 Å². The Morgan fingerprint density at radius 1 is 1.26 bits per heavy atom. The van der Waals surface area contributed by atoms with Crippen molar-refractivity contribution in [1.82, 2.24) is 24.3 Å². The van der Waals surface area contributed by atoms with Gasteiger partial charge in [0.15, 0.2) is 0 Å². The molecule has 0 bridgehead atoms. The van der Waals surface area contributed by atoms with Crippen molar-refractivity contribution < 1.29 is 5.11 Å². The first-order valence-corrected chi connectivity index (χ1v) is 6.59. The summed E-state index contributed by atoms with van der Waals surface area (Å²) in [5.74, 6) is 2.96. The van der Waals surface area contributed by atoms with Crippen molar-refractivity contribution in [2.75, 3.05) is 6.61 Å². The van der Waals surface area contributed by atoms with Gasteiger partial charge in [0, 0.05) is 18.3 Å². The minimum atomic E-state index is 0.0487. The van der Waals surface area contributed by atoms with Crippen LogP contribution < -0.4 is 0 Å². The van der Waals surface area contributed by atoms with Gasteiger partial charge in [0.25, 0.3) is 0 Å². The SMILES string of the molecule is Cc1nc([C@H](C)n2ccnc2C(C)C)n(CCO)n1. The Morgan fingerprint density at radius 3 is 2.63 bits per heavy atom. The summed E-state index contributed by atoms with van der Waals surface area (Å²) in [4.78, 5) is 8.88. The van der Waals surface area contributed by atoms with Gasteiger partial charge in [-0.15, -0.1) is 0 Å². The van der Waals surface area contributed by atoms with E-state index >= 15 is 0 Å². The van der Waals surface area contributed by atoms with E-state index in [-0.39, 0.29) is 12.6 Å². The molecule has 0 fully saturated rings. The molecular formula is C13H21N5O. The van der Waals surface area contributed by atoms with Crippen LogP contribution in [0.4, 0.5) is 0 Å². The molecule has 6 nitrogen and oxygen atoms in total. The number of aliphatic hydroxyl groups excluding tert-OH is 1. The molecule has 104 valence electrons. The van der Waals surface area contributed by atoms with Crippen LogP contribution >= 0.6 is 0 Å². The highest BCUT2D eigenvalue weighted by atomic mass is 16.3. The molecule has 0 spiro atoms. The van der Waals surface area contributed by atoms with Crippen LogP contribution in [0.2, 0.25) is 0 Å². The molecule has 0 saturated heterocycles. The fourth-order valence-corrected chi connectivity index (χ4v) is 2.26. The van der Waals surface area contributed by atoms with Gasteiger partial charge in [-0.2, -0.15) is 5.10 Å². The first kappa shape index (κ1) is 13.7. The number of aliphatic hydroxyl groups is 1. The molecule has 6 heteroatoms. The molecule has 0 saturated carbocycles. The van der Waals surface area contributed by atoms with Gasteiger partial charge < -0.3 is 9.67 Å². The fraction of sp³-hybridized carbons (Fsp3) is 0.615. The second kappa shape index (κ2) is 5.52. The molecule has 0 amide bonds. The van der Waals surface area contributed by atoms with Crippen LogP contribution in [0.25, 0.3) is 0 Å². The lowest BCUT2D eigenvalue weighted by Gasteiger charge is -2.18. The zero-order valence-corrected chi connectivity index (χ0v) is 11.9. The Morgan fingerprint density at radius 2 is 2.00 bits per heavy atom. The van der Waals surface area contributed by atoms with E-state index in [4.69, 9.17) is 5.11 Å². The molecule has 0 radical (unpaired) electrons. The Labute approximate surface area is 113 Å². The maximum atomic E-state index is 9.10. The van der Waals surface area contributed by atoms with Gasteiger partial charge in [-0.05, 0) is 13.8 Å². The van der Waals surface area contributed by atoms with Gasteiger partial charge in [-0.3, -0.25) is 0 Å². The van der Waals surface area contributed by atoms with E-state index < -0.39 is 0 Å². The number of nitrogens with zero attached hydrogens (tertiary/aromatic N) is 5. The maximum Gasteiger partial charge on any atom is 0.150 e. The number of rotatable bonds is 5. The van der Waals surface area contributed by atoms with Crippen LogP contribution in [0.15, 0.2) is 12.4 Å². The van der Waals surface area contributed by atoms with Gasteiger partial charge in [0.05, 0.1) is 19.2 Å². The standard InChI is InChI=1S/C13H21N5O/c1-9(2)12-14-5-6-17(12)10(3)13-15-11(4)16-18(13)7-8-19/h5-6,9-10,19H,7-8H2,1-4H3/t10-/m0/s1. The lowest BCUT2D eigenvalue weighted by molar-refractivity contribution is 0.264. The highest BCUT2D eigenvalue weighted by Gasteiger charge is 2.19. The Bertz CT molecular complexity index is 543. The molecule has 0 aliphatic carbocycles. The number of imidazole rings is 1. The summed E-state index contributed by atoms with van der Waals surface area (Å²) in [5, 5.41) is 13.4. The fourth-order valence-electron chi connectivity index (χ4n) is 2.26. The molecule has 1 atom stereocenters. The summed E-state index contributed by atoms with van der Waals surface area (Å²) >= 11 is 0. The van der Waals surface area contributed by atoms with Gasteiger partial charge in [0.2, 0.25) is 0 Å². The van der Waals surface area contributed by atoms with Crippen LogP contribution in [-0.4, -0.2) is 36.0 Å². The van der Waals surface area contributed by atoms with Crippen molar-refractivity contribution in [2.24, 2.45) is 0 Å². The van der Waals surface area contributed by atoms with Crippen molar-refractivity contribution in [3.63, 3.8) is 0 Å². The number of hydrogen-bond acceptors (Lipinski definition) is 4. The second-order valence-corrected chi connectivity index (χ2v) is 4.99. The largest absolute Gasteiger partial charge is 0.394 e. The van der Waals surface area contributed by atoms with E-state index in [2.05, 4.69) is 40.4 Å². The Kier molecular flexibility index (Phi) is 3.99. The van der Waals surface area contributed by atoms with Crippen LogP contribution in [-0.2, 0) is 6.54 Å². The minimum Gasteiger partial charge on any atom is -0.394 e. The molecular weight excluding hydrogens is 242 g/mol. The van der Waals surface area contributed by atoms with Crippen LogP contribution in [0, 0.1) is 6.92 Å². The molecule has 0 aliphatic rings. The molecule has 2 rings (SSSR count). The summed E-state index contributed by atoms with van der Waals surface area (Å²) < 4.78 is 3.88. The zero-order valence-electron chi connectivity index (χ0n) is 11.9. The smallest absolute Gasteiger partial charge is 0.150 e. The monoisotopic (exact) mass is 263 g/mol. The molecule has 2 aromatic heterocycles. The third kappa shape index (κ3) is 2.68. The van der Waals surface area contributed by atoms with Crippen LogP contribution in [0.5, 0.6) is 0 Å². The topological polar surface area (TPSA) is 68.8 Å². The first-order chi connectivity index (χ1) is 9.04. The summed E-state index contributed by atoms with van der Waals surface area (Å²) in [6, 6.07) is 0.0487. The third-order valence-corrected chi connectivity index (χ3v) is 3.12. The predicted octanol–water partition coefficient (Wildman–Crippen LogP) is 1.51. The molecule has 19 heavy (non-hydrogen) atoms. The van der Waals surface area contributed by atoms with Crippen LogP contribution in [0.3, 0.4) is 0 Å². The normalized spacial score (nSPS) is 13.2. The molecule has 0 aliphatic heterocycles. The van der Waals surface area contributed by atoms with Gasteiger partial charge in [-0.25, -0.2) is 14.6 Å². The molecule has 2 aromatic rings. The minimum absolute atomic E-state index is 0.0487. The second-order valence-electron chi connectivity index (χ2n) is 4.99. The summed E-state index contributed by atoms with van der Waals surface area (Å²) in [6.07, 6.45) is 3.78. The van der Waals surface area contributed by atoms with E-state index in [1.165, 1.54) is 0 Å². The molecule has 0 unspecified atom stereocenters. The zero-order chi connectivity index (χ0) is 14.0. The Balaban J connectivity index is 2.38. The molecule has 2 heterocycles. The number of aryl methyl sites for hydroxylation is 1. The lowest BCUT2D eigenvalue weighted by atomic mass is 10.2. The van der Waals surface area contributed by atoms with Crippen molar-refractivity contribution in [2.45, 2.75) is 46.2 Å². The maximum absolute atomic E-state index is 9.10.